The third-order valence-electron chi connectivity index (χ3n) is 4.71. The van der Waals surface area contributed by atoms with Crippen molar-refractivity contribution >= 4 is 40.5 Å². The Morgan fingerprint density at radius 2 is 1.62 bits per heavy atom. The summed E-state index contributed by atoms with van der Waals surface area (Å²) in [6.45, 7) is 7.89. The van der Waals surface area contributed by atoms with Crippen molar-refractivity contribution in [2.75, 3.05) is 42.9 Å². The molecule has 0 radical (unpaired) electrons. The molecule has 1 saturated heterocycles. The molecule has 0 unspecified atom stereocenters. The van der Waals surface area contributed by atoms with Gasteiger partial charge in [0.05, 0.1) is 6.54 Å². The van der Waals surface area contributed by atoms with Crippen LogP contribution < -0.4 is 10.2 Å². The molecule has 4 nitrogen and oxygen atoms in total. The zero-order chi connectivity index (χ0) is 18.7. The van der Waals surface area contributed by atoms with Gasteiger partial charge in [0.15, 0.2) is 0 Å². The standard InChI is InChI=1S/C20H23Cl2N3O/c1-14-3-4-17(22)12-19(14)25-9-7-24(8-10-25)13-20(26)23-18-6-5-16(21)11-15(18)2/h3-6,11-12H,7-10,13H2,1-2H3,(H,23,26). The van der Waals surface area contributed by atoms with Crippen LogP contribution in [0.5, 0.6) is 0 Å². The maximum Gasteiger partial charge on any atom is 0.238 e. The first-order valence-corrected chi connectivity index (χ1v) is 9.47. The molecule has 3 rings (SSSR count). The number of amides is 1. The van der Waals surface area contributed by atoms with Crippen molar-refractivity contribution in [1.82, 2.24) is 4.90 Å². The Kier molecular flexibility index (Phi) is 6.07. The van der Waals surface area contributed by atoms with Crippen molar-refractivity contribution in [1.29, 1.82) is 0 Å². The summed E-state index contributed by atoms with van der Waals surface area (Å²) in [7, 11) is 0. The summed E-state index contributed by atoms with van der Waals surface area (Å²) in [6.07, 6.45) is 0. The molecule has 0 spiro atoms. The number of hydrogen-bond acceptors (Lipinski definition) is 3. The highest BCUT2D eigenvalue weighted by atomic mass is 35.5. The maximum atomic E-state index is 12.4. The number of piperazine rings is 1. The molecule has 1 aliphatic heterocycles. The summed E-state index contributed by atoms with van der Waals surface area (Å²) < 4.78 is 0. The lowest BCUT2D eigenvalue weighted by atomic mass is 10.1. The number of aryl methyl sites for hydroxylation is 2. The third-order valence-corrected chi connectivity index (χ3v) is 5.18. The van der Waals surface area contributed by atoms with E-state index < -0.39 is 0 Å². The number of carbonyl (C=O) groups is 1. The molecular weight excluding hydrogens is 369 g/mol. The summed E-state index contributed by atoms with van der Waals surface area (Å²) in [5, 5.41) is 4.40. The van der Waals surface area contributed by atoms with Crippen LogP contribution in [0.15, 0.2) is 36.4 Å². The fourth-order valence-electron chi connectivity index (χ4n) is 3.23. The lowest BCUT2D eigenvalue weighted by Gasteiger charge is -2.36. The second kappa shape index (κ2) is 8.30. The summed E-state index contributed by atoms with van der Waals surface area (Å²) in [4.78, 5) is 16.9. The number of benzene rings is 2. The minimum atomic E-state index is 0.00260. The molecule has 138 valence electrons. The quantitative estimate of drug-likeness (QED) is 0.839. The van der Waals surface area contributed by atoms with Crippen LogP contribution in [-0.2, 0) is 4.79 Å². The van der Waals surface area contributed by atoms with E-state index in [0.717, 1.165) is 42.5 Å². The van der Waals surface area contributed by atoms with Gasteiger partial charge in [-0.3, -0.25) is 9.69 Å². The fraction of sp³-hybridized carbons (Fsp3) is 0.350. The van der Waals surface area contributed by atoms with E-state index in [0.29, 0.717) is 11.6 Å². The van der Waals surface area contributed by atoms with Gasteiger partial charge in [-0.1, -0.05) is 29.3 Å². The molecule has 1 aliphatic rings. The average Bonchev–Trinajstić information content (AvgIpc) is 2.60. The number of carbonyl (C=O) groups excluding carboxylic acids is 1. The van der Waals surface area contributed by atoms with E-state index in [1.54, 1.807) is 6.07 Å². The van der Waals surface area contributed by atoms with Gasteiger partial charge >= 0.3 is 0 Å². The smallest absolute Gasteiger partial charge is 0.238 e. The SMILES string of the molecule is Cc1cc(Cl)ccc1NC(=O)CN1CCN(c2cc(Cl)ccc2C)CC1. The molecule has 0 aliphatic carbocycles. The van der Waals surface area contributed by atoms with Crippen molar-refractivity contribution in [2.24, 2.45) is 0 Å². The van der Waals surface area contributed by atoms with Gasteiger partial charge in [0, 0.05) is 47.6 Å². The molecule has 0 aromatic heterocycles. The average molecular weight is 392 g/mol. The second-order valence-electron chi connectivity index (χ2n) is 6.70. The van der Waals surface area contributed by atoms with E-state index >= 15 is 0 Å². The lowest BCUT2D eigenvalue weighted by Crippen LogP contribution is -2.48. The van der Waals surface area contributed by atoms with Gasteiger partial charge < -0.3 is 10.2 Å². The van der Waals surface area contributed by atoms with E-state index in [9.17, 15) is 4.79 Å². The zero-order valence-corrected chi connectivity index (χ0v) is 16.6. The minimum absolute atomic E-state index is 0.00260. The van der Waals surface area contributed by atoms with Gasteiger partial charge in [-0.25, -0.2) is 0 Å². The Morgan fingerprint density at radius 3 is 2.31 bits per heavy atom. The summed E-state index contributed by atoms with van der Waals surface area (Å²) >= 11 is 12.1. The van der Waals surface area contributed by atoms with Crippen molar-refractivity contribution in [3.8, 4) is 0 Å². The number of rotatable bonds is 4. The molecule has 2 aromatic rings. The van der Waals surface area contributed by atoms with Crippen LogP contribution in [0, 0.1) is 13.8 Å². The number of nitrogens with zero attached hydrogens (tertiary/aromatic N) is 2. The molecule has 0 atom stereocenters. The predicted molar refractivity (Wildman–Crippen MR) is 110 cm³/mol. The Bertz CT molecular complexity index is 802. The summed E-state index contributed by atoms with van der Waals surface area (Å²) in [5.41, 5.74) is 4.18. The van der Waals surface area contributed by atoms with Crippen LogP contribution in [0.1, 0.15) is 11.1 Å². The normalized spacial score (nSPS) is 15.2. The topological polar surface area (TPSA) is 35.6 Å². The Hall–Kier alpha value is -1.75. The Morgan fingerprint density at radius 1 is 0.962 bits per heavy atom. The first kappa shape index (κ1) is 19.0. The first-order valence-electron chi connectivity index (χ1n) is 8.72. The molecule has 0 bridgehead atoms. The van der Waals surface area contributed by atoms with Gasteiger partial charge in [0.25, 0.3) is 0 Å². The Labute approximate surface area is 164 Å². The highest BCUT2D eigenvalue weighted by Crippen LogP contribution is 2.25. The molecule has 6 heteroatoms. The number of nitrogens with one attached hydrogen (secondary N) is 1. The van der Waals surface area contributed by atoms with E-state index in [4.69, 9.17) is 23.2 Å². The van der Waals surface area contributed by atoms with Gasteiger partial charge in [-0.05, 0) is 55.3 Å². The molecule has 0 saturated carbocycles. The van der Waals surface area contributed by atoms with Gasteiger partial charge in [-0.2, -0.15) is 0 Å². The van der Waals surface area contributed by atoms with E-state index in [-0.39, 0.29) is 5.91 Å². The van der Waals surface area contributed by atoms with E-state index in [1.807, 2.05) is 37.3 Å². The van der Waals surface area contributed by atoms with Crippen molar-refractivity contribution in [3.63, 3.8) is 0 Å². The van der Waals surface area contributed by atoms with E-state index in [2.05, 4.69) is 22.0 Å². The van der Waals surface area contributed by atoms with Crippen molar-refractivity contribution in [3.05, 3.63) is 57.6 Å². The van der Waals surface area contributed by atoms with Crippen LogP contribution >= 0.6 is 23.2 Å². The van der Waals surface area contributed by atoms with Crippen molar-refractivity contribution in [2.45, 2.75) is 13.8 Å². The first-order chi connectivity index (χ1) is 12.4. The Balaban J connectivity index is 1.53. The third kappa shape index (κ3) is 4.70. The predicted octanol–water partition coefficient (Wildman–Crippen LogP) is 4.37. The largest absolute Gasteiger partial charge is 0.369 e. The monoisotopic (exact) mass is 391 g/mol. The molecule has 1 heterocycles. The van der Waals surface area contributed by atoms with Crippen LogP contribution in [0.2, 0.25) is 10.0 Å². The highest BCUT2D eigenvalue weighted by molar-refractivity contribution is 6.31. The lowest BCUT2D eigenvalue weighted by molar-refractivity contribution is -0.117. The van der Waals surface area contributed by atoms with Crippen LogP contribution in [0.25, 0.3) is 0 Å². The van der Waals surface area contributed by atoms with Crippen molar-refractivity contribution < 1.29 is 4.79 Å². The van der Waals surface area contributed by atoms with E-state index in [1.165, 1.54) is 11.3 Å². The molecule has 1 amide bonds. The fourth-order valence-corrected chi connectivity index (χ4v) is 3.62. The summed E-state index contributed by atoms with van der Waals surface area (Å²) in [5.74, 6) is 0.00260. The summed E-state index contributed by atoms with van der Waals surface area (Å²) in [6, 6.07) is 11.5. The molecule has 2 aromatic carbocycles. The van der Waals surface area contributed by atoms with Crippen LogP contribution in [0.4, 0.5) is 11.4 Å². The van der Waals surface area contributed by atoms with Crippen LogP contribution in [-0.4, -0.2) is 43.5 Å². The molecular formula is C20H23Cl2N3O. The number of halogens is 2. The van der Waals surface area contributed by atoms with Gasteiger partial charge in [0.2, 0.25) is 5.91 Å². The highest BCUT2D eigenvalue weighted by Gasteiger charge is 2.20. The zero-order valence-electron chi connectivity index (χ0n) is 15.1. The van der Waals surface area contributed by atoms with Crippen LogP contribution in [0.3, 0.4) is 0 Å². The molecule has 26 heavy (non-hydrogen) atoms. The molecule has 1 fully saturated rings. The van der Waals surface area contributed by atoms with Gasteiger partial charge in [-0.15, -0.1) is 0 Å². The maximum absolute atomic E-state index is 12.4. The number of anilines is 2. The minimum Gasteiger partial charge on any atom is -0.369 e. The number of hydrogen-bond donors (Lipinski definition) is 1. The molecule has 1 N–H and O–H groups in total. The van der Waals surface area contributed by atoms with Gasteiger partial charge in [0.1, 0.15) is 0 Å². The second-order valence-corrected chi connectivity index (χ2v) is 7.57.